The predicted molar refractivity (Wildman–Crippen MR) is 80.2 cm³/mol. The quantitative estimate of drug-likeness (QED) is 0.871. The highest BCUT2D eigenvalue weighted by Gasteiger charge is 2.42. The smallest absolute Gasteiger partial charge is 0.262 e. The third-order valence-electron chi connectivity index (χ3n) is 3.70. The van der Waals surface area contributed by atoms with E-state index < -0.39 is 30.8 Å². The summed E-state index contributed by atoms with van der Waals surface area (Å²) in [7, 11) is 1.53. The average molecular weight is 333 g/mol. The van der Waals surface area contributed by atoms with Gasteiger partial charge in [-0.3, -0.25) is 10.1 Å². The third kappa shape index (κ3) is 4.15. The summed E-state index contributed by atoms with van der Waals surface area (Å²) < 4.78 is 31.7. The van der Waals surface area contributed by atoms with Crippen molar-refractivity contribution in [2.45, 2.75) is 37.5 Å². The lowest BCUT2D eigenvalue weighted by Crippen LogP contribution is -2.46. The van der Waals surface area contributed by atoms with Gasteiger partial charge in [0.25, 0.3) is 5.92 Å². The van der Waals surface area contributed by atoms with E-state index in [9.17, 15) is 13.6 Å². The maximum Gasteiger partial charge on any atom is 0.262 e. The lowest BCUT2D eigenvalue weighted by molar-refractivity contribution is -0.125. The van der Waals surface area contributed by atoms with Crippen molar-refractivity contribution in [2.75, 3.05) is 13.7 Å². The molecule has 0 radical (unpaired) electrons. The molecule has 2 rings (SSSR count). The van der Waals surface area contributed by atoms with Gasteiger partial charge >= 0.3 is 0 Å². The van der Waals surface area contributed by atoms with Crippen LogP contribution < -0.4 is 10.6 Å². The van der Waals surface area contributed by atoms with Gasteiger partial charge in [0.05, 0.1) is 18.6 Å². The fraction of sp³-hybridized carbons (Fsp3) is 0.533. The largest absolute Gasteiger partial charge is 0.375 e. The molecule has 1 amide bonds. The van der Waals surface area contributed by atoms with Crippen LogP contribution in [0, 0.1) is 0 Å². The fourth-order valence-electron chi connectivity index (χ4n) is 2.58. The van der Waals surface area contributed by atoms with Gasteiger partial charge in [0.15, 0.2) is 0 Å². The molecular formula is C15H19ClF2N2O2. The van der Waals surface area contributed by atoms with Gasteiger partial charge in [-0.25, -0.2) is 8.78 Å². The Balaban J connectivity index is 1.99. The number of benzene rings is 1. The molecule has 2 N–H and O–H groups in total. The fourth-order valence-corrected chi connectivity index (χ4v) is 2.71. The molecule has 1 fully saturated rings. The van der Waals surface area contributed by atoms with Gasteiger partial charge < -0.3 is 10.1 Å². The van der Waals surface area contributed by atoms with Crippen LogP contribution in [-0.4, -0.2) is 37.6 Å². The number of hydrogen-bond donors (Lipinski definition) is 2. The molecule has 3 unspecified atom stereocenters. The number of alkyl halides is 2. The minimum atomic E-state index is -2.83. The highest BCUT2D eigenvalue weighted by Crippen LogP contribution is 2.26. The Bertz CT molecular complexity index is 525. The zero-order valence-electron chi connectivity index (χ0n) is 12.4. The molecule has 0 aliphatic carbocycles. The molecule has 3 atom stereocenters. The molecule has 1 aromatic rings. The number of methoxy groups -OCH3 is 1. The Morgan fingerprint density at radius 3 is 2.59 bits per heavy atom. The minimum Gasteiger partial charge on any atom is -0.375 e. The van der Waals surface area contributed by atoms with Crippen molar-refractivity contribution >= 4 is 17.5 Å². The Morgan fingerprint density at radius 2 is 2.09 bits per heavy atom. The number of amides is 1. The second kappa shape index (κ2) is 6.89. The Morgan fingerprint density at radius 1 is 1.45 bits per heavy atom. The standard InChI is InChI=1S/C15H19ClF2N2O2/c1-9(13(22-2)10-3-5-11(16)6-4-10)20-14(21)12-7-15(17,18)8-19-12/h3-6,9,12-13,19H,7-8H2,1-2H3,(H,20,21). The van der Waals surface area contributed by atoms with Gasteiger partial charge in [0.1, 0.15) is 6.10 Å². The molecule has 0 bridgehead atoms. The topological polar surface area (TPSA) is 50.4 Å². The maximum atomic E-state index is 13.1. The first-order chi connectivity index (χ1) is 10.3. The monoisotopic (exact) mass is 332 g/mol. The highest BCUT2D eigenvalue weighted by molar-refractivity contribution is 6.30. The second-order valence-corrected chi connectivity index (χ2v) is 5.94. The Kier molecular flexibility index (Phi) is 5.36. The summed E-state index contributed by atoms with van der Waals surface area (Å²) in [6.45, 7) is 1.30. The van der Waals surface area contributed by atoms with Crippen LogP contribution in [0.3, 0.4) is 0 Å². The van der Waals surface area contributed by atoms with Crippen molar-refractivity contribution in [3.8, 4) is 0 Å². The first kappa shape index (κ1) is 17.1. The summed E-state index contributed by atoms with van der Waals surface area (Å²) in [5.41, 5.74) is 0.851. The SMILES string of the molecule is COC(c1ccc(Cl)cc1)C(C)NC(=O)C1CC(F)(F)CN1. The zero-order valence-corrected chi connectivity index (χ0v) is 13.2. The zero-order chi connectivity index (χ0) is 16.3. The van der Waals surface area contributed by atoms with Gasteiger partial charge in [-0.2, -0.15) is 0 Å². The van der Waals surface area contributed by atoms with Gasteiger partial charge in [0.2, 0.25) is 5.91 Å². The Hall–Kier alpha value is -1.24. The van der Waals surface area contributed by atoms with Crippen molar-refractivity contribution in [3.05, 3.63) is 34.9 Å². The molecular weight excluding hydrogens is 314 g/mol. The number of carbonyl (C=O) groups is 1. The van der Waals surface area contributed by atoms with Crippen molar-refractivity contribution in [3.63, 3.8) is 0 Å². The number of ether oxygens (including phenoxy) is 1. The van der Waals surface area contributed by atoms with Crippen LogP contribution in [0.5, 0.6) is 0 Å². The normalized spacial score (nSPS) is 23.0. The number of hydrogen-bond acceptors (Lipinski definition) is 3. The average Bonchev–Trinajstić information content (AvgIpc) is 2.82. The molecule has 1 aliphatic rings. The number of nitrogens with one attached hydrogen (secondary N) is 2. The molecule has 4 nitrogen and oxygen atoms in total. The van der Waals surface area contributed by atoms with E-state index >= 15 is 0 Å². The van der Waals surface area contributed by atoms with Crippen LogP contribution in [0.4, 0.5) is 8.78 Å². The van der Waals surface area contributed by atoms with E-state index in [0.717, 1.165) is 5.56 Å². The Labute approximate surface area is 133 Å². The number of halogens is 3. The van der Waals surface area contributed by atoms with Gasteiger partial charge in [0, 0.05) is 18.6 Å². The second-order valence-electron chi connectivity index (χ2n) is 5.50. The van der Waals surface area contributed by atoms with E-state index in [1.54, 1.807) is 31.2 Å². The molecule has 0 aromatic heterocycles. The summed E-state index contributed by atoms with van der Waals surface area (Å²) >= 11 is 5.85. The molecule has 1 heterocycles. The van der Waals surface area contributed by atoms with Crippen LogP contribution in [0.2, 0.25) is 5.02 Å². The van der Waals surface area contributed by atoms with Gasteiger partial charge in [-0.1, -0.05) is 23.7 Å². The first-order valence-corrected chi connectivity index (χ1v) is 7.40. The summed E-state index contributed by atoms with van der Waals surface area (Å²) in [6.07, 6.45) is -0.868. The molecule has 122 valence electrons. The van der Waals surface area contributed by atoms with Crippen LogP contribution in [-0.2, 0) is 9.53 Å². The van der Waals surface area contributed by atoms with E-state index in [1.165, 1.54) is 7.11 Å². The maximum absolute atomic E-state index is 13.1. The summed E-state index contributed by atoms with van der Waals surface area (Å²) in [4.78, 5) is 12.1. The van der Waals surface area contributed by atoms with E-state index in [0.29, 0.717) is 5.02 Å². The minimum absolute atomic E-state index is 0.366. The van der Waals surface area contributed by atoms with Crippen LogP contribution in [0.15, 0.2) is 24.3 Å². The third-order valence-corrected chi connectivity index (χ3v) is 3.95. The van der Waals surface area contributed by atoms with Crippen molar-refractivity contribution < 1.29 is 18.3 Å². The van der Waals surface area contributed by atoms with E-state index in [2.05, 4.69) is 10.6 Å². The van der Waals surface area contributed by atoms with Gasteiger partial charge in [-0.15, -0.1) is 0 Å². The predicted octanol–water partition coefficient (Wildman–Crippen LogP) is 2.53. The highest BCUT2D eigenvalue weighted by atomic mass is 35.5. The van der Waals surface area contributed by atoms with Crippen molar-refractivity contribution in [1.29, 1.82) is 0 Å². The van der Waals surface area contributed by atoms with Gasteiger partial charge in [-0.05, 0) is 24.6 Å². The summed E-state index contributed by atoms with van der Waals surface area (Å²) in [6, 6.07) is 5.84. The molecule has 7 heteroatoms. The van der Waals surface area contributed by atoms with Crippen molar-refractivity contribution in [2.24, 2.45) is 0 Å². The molecule has 0 saturated carbocycles. The number of carbonyl (C=O) groups excluding carboxylic acids is 1. The lowest BCUT2D eigenvalue weighted by atomic mass is 10.0. The molecule has 22 heavy (non-hydrogen) atoms. The molecule has 1 saturated heterocycles. The van der Waals surface area contributed by atoms with E-state index in [1.807, 2.05) is 0 Å². The van der Waals surface area contributed by atoms with E-state index in [4.69, 9.17) is 16.3 Å². The van der Waals surface area contributed by atoms with Crippen LogP contribution in [0.25, 0.3) is 0 Å². The van der Waals surface area contributed by atoms with E-state index in [-0.39, 0.29) is 12.1 Å². The molecule has 1 aliphatic heterocycles. The van der Waals surface area contributed by atoms with Crippen molar-refractivity contribution in [1.82, 2.24) is 10.6 Å². The lowest BCUT2D eigenvalue weighted by Gasteiger charge is -2.25. The summed E-state index contributed by atoms with van der Waals surface area (Å²) in [5.74, 6) is -3.28. The summed E-state index contributed by atoms with van der Waals surface area (Å²) in [5, 5.41) is 5.87. The first-order valence-electron chi connectivity index (χ1n) is 7.02. The molecule has 0 spiro atoms. The molecule has 1 aromatic carbocycles. The van der Waals surface area contributed by atoms with Crippen LogP contribution in [0.1, 0.15) is 25.0 Å². The number of rotatable bonds is 5. The van der Waals surface area contributed by atoms with Crippen LogP contribution >= 0.6 is 11.6 Å².